The summed E-state index contributed by atoms with van der Waals surface area (Å²) in [5.41, 5.74) is 3.82. The Bertz CT molecular complexity index is 982. The van der Waals surface area contributed by atoms with E-state index in [2.05, 4.69) is 9.71 Å². The van der Waals surface area contributed by atoms with Crippen LogP contribution in [0.5, 0.6) is 0 Å². The molecule has 3 rings (SSSR count). The second-order valence-electron chi connectivity index (χ2n) is 5.91. The van der Waals surface area contributed by atoms with Gasteiger partial charge in [0.15, 0.2) is 0 Å². The Labute approximate surface area is 142 Å². The average Bonchev–Trinajstić information content (AvgIpc) is 2.55. The van der Waals surface area contributed by atoms with Gasteiger partial charge in [-0.1, -0.05) is 36.4 Å². The minimum atomic E-state index is -3.60. The van der Waals surface area contributed by atoms with Crippen LogP contribution in [0.4, 0.5) is 0 Å². The lowest BCUT2D eigenvalue weighted by Crippen LogP contribution is -2.26. The van der Waals surface area contributed by atoms with Crippen LogP contribution in [0, 0.1) is 13.8 Å². The van der Waals surface area contributed by atoms with E-state index in [9.17, 15) is 8.42 Å². The van der Waals surface area contributed by atoms with E-state index in [1.165, 1.54) is 5.56 Å². The molecule has 0 fully saturated rings. The van der Waals surface area contributed by atoms with Crippen LogP contribution >= 0.6 is 0 Å². The molecular formula is C19H20N2O2S. The molecule has 0 atom stereocenters. The molecule has 0 saturated carbocycles. The smallest absolute Gasteiger partial charge is 0.242 e. The zero-order valence-electron chi connectivity index (χ0n) is 13.8. The van der Waals surface area contributed by atoms with Gasteiger partial charge in [-0.3, -0.25) is 4.98 Å². The number of hydrogen-bond acceptors (Lipinski definition) is 3. The van der Waals surface area contributed by atoms with Crippen LogP contribution in [0.2, 0.25) is 0 Å². The van der Waals surface area contributed by atoms with Crippen molar-refractivity contribution >= 4 is 20.9 Å². The zero-order chi connectivity index (χ0) is 17.2. The van der Waals surface area contributed by atoms with Gasteiger partial charge in [-0.15, -0.1) is 0 Å². The molecular weight excluding hydrogens is 320 g/mol. The highest BCUT2D eigenvalue weighted by Crippen LogP contribution is 2.21. The summed E-state index contributed by atoms with van der Waals surface area (Å²) in [4.78, 5) is 4.53. The van der Waals surface area contributed by atoms with E-state index in [4.69, 9.17) is 0 Å². The van der Waals surface area contributed by atoms with Gasteiger partial charge >= 0.3 is 0 Å². The Morgan fingerprint density at radius 2 is 1.83 bits per heavy atom. The number of para-hydroxylation sites is 1. The van der Waals surface area contributed by atoms with E-state index in [0.29, 0.717) is 18.5 Å². The van der Waals surface area contributed by atoms with Crippen molar-refractivity contribution in [3.8, 4) is 0 Å². The van der Waals surface area contributed by atoms with Crippen LogP contribution in [0.15, 0.2) is 59.6 Å². The lowest BCUT2D eigenvalue weighted by Gasteiger charge is -2.10. The quantitative estimate of drug-likeness (QED) is 0.775. The summed E-state index contributed by atoms with van der Waals surface area (Å²) in [7, 11) is -3.60. The topological polar surface area (TPSA) is 59.1 Å². The summed E-state index contributed by atoms with van der Waals surface area (Å²) in [6, 6.07) is 15.2. The second-order valence-corrected chi connectivity index (χ2v) is 7.65. The Kier molecular flexibility index (Phi) is 4.64. The van der Waals surface area contributed by atoms with Crippen LogP contribution < -0.4 is 4.72 Å². The molecule has 0 aliphatic rings. The number of hydrogen-bond donors (Lipinski definition) is 1. The molecule has 2 aromatic carbocycles. The first kappa shape index (κ1) is 16.6. The predicted molar refractivity (Wildman–Crippen MR) is 96.6 cm³/mol. The molecule has 0 amide bonds. The summed E-state index contributed by atoms with van der Waals surface area (Å²) in [5, 5.41) is 0.830. The van der Waals surface area contributed by atoms with Crippen molar-refractivity contribution in [1.29, 1.82) is 0 Å². The maximum atomic E-state index is 12.7. The highest BCUT2D eigenvalue weighted by Gasteiger charge is 2.17. The van der Waals surface area contributed by atoms with Gasteiger partial charge in [0.1, 0.15) is 4.90 Å². The molecule has 0 saturated heterocycles. The largest absolute Gasteiger partial charge is 0.255 e. The van der Waals surface area contributed by atoms with E-state index in [1.54, 1.807) is 18.3 Å². The number of aryl methyl sites for hydroxylation is 2. The van der Waals surface area contributed by atoms with E-state index in [0.717, 1.165) is 16.5 Å². The predicted octanol–water partition coefficient (Wildman–Crippen LogP) is 3.37. The first-order chi connectivity index (χ1) is 11.5. The number of rotatable bonds is 5. The summed E-state index contributed by atoms with van der Waals surface area (Å²) < 4.78 is 28.0. The van der Waals surface area contributed by atoms with Gasteiger partial charge < -0.3 is 0 Å². The minimum Gasteiger partial charge on any atom is -0.255 e. The lowest BCUT2D eigenvalue weighted by molar-refractivity contribution is 0.582. The fourth-order valence-corrected chi connectivity index (χ4v) is 3.96. The van der Waals surface area contributed by atoms with Crippen LogP contribution in [0.3, 0.4) is 0 Å². The zero-order valence-corrected chi connectivity index (χ0v) is 14.6. The molecule has 1 N–H and O–H groups in total. The maximum Gasteiger partial charge on any atom is 0.242 e. The molecule has 0 radical (unpaired) electrons. The minimum absolute atomic E-state index is 0.227. The number of sulfonamides is 1. The highest BCUT2D eigenvalue weighted by atomic mass is 32.2. The van der Waals surface area contributed by atoms with Crippen molar-refractivity contribution in [1.82, 2.24) is 9.71 Å². The summed E-state index contributed by atoms with van der Waals surface area (Å²) >= 11 is 0. The SMILES string of the molecule is Cc1cnc2c(S(=O)(=O)NCCc3ccccc3C)cccc2c1. The molecule has 4 nitrogen and oxygen atoms in total. The van der Waals surface area contributed by atoms with Crippen LogP contribution in [-0.4, -0.2) is 19.9 Å². The standard InChI is InChI=1S/C19H20N2O2S/c1-14-12-17-8-5-9-18(19(17)20-13-14)24(22,23)21-11-10-16-7-4-3-6-15(16)2/h3-9,12-13,21H,10-11H2,1-2H3. The molecule has 0 aliphatic carbocycles. The third-order valence-corrected chi connectivity index (χ3v) is 5.54. The monoisotopic (exact) mass is 340 g/mol. The van der Waals surface area contributed by atoms with E-state index in [1.807, 2.05) is 50.2 Å². The van der Waals surface area contributed by atoms with Gasteiger partial charge in [0.2, 0.25) is 10.0 Å². The number of pyridine rings is 1. The molecule has 1 heterocycles. The maximum absolute atomic E-state index is 12.7. The van der Waals surface area contributed by atoms with E-state index >= 15 is 0 Å². The Hall–Kier alpha value is -2.24. The third kappa shape index (κ3) is 3.47. The lowest BCUT2D eigenvalue weighted by atomic mass is 10.1. The molecule has 24 heavy (non-hydrogen) atoms. The van der Waals surface area contributed by atoms with Crippen LogP contribution in [0.1, 0.15) is 16.7 Å². The van der Waals surface area contributed by atoms with Crippen molar-refractivity contribution < 1.29 is 8.42 Å². The second kappa shape index (κ2) is 6.71. The normalized spacial score (nSPS) is 11.8. The average molecular weight is 340 g/mol. The van der Waals surface area contributed by atoms with Crippen molar-refractivity contribution in [2.24, 2.45) is 0 Å². The van der Waals surface area contributed by atoms with Crippen molar-refractivity contribution in [2.45, 2.75) is 25.2 Å². The summed E-state index contributed by atoms with van der Waals surface area (Å²) in [6.07, 6.45) is 2.35. The van der Waals surface area contributed by atoms with Gasteiger partial charge in [0, 0.05) is 18.1 Å². The van der Waals surface area contributed by atoms with Crippen LogP contribution in [0.25, 0.3) is 10.9 Å². The van der Waals surface area contributed by atoms with Gasteiger partial charge in [-0.25, -0.2) is 13.1 Å². The molecule has 0 aliphatic heterocycles. The number of nitrogens with one attached hydrogen (secondary N) is 1. The molecule has 0 unspecified atom stereocenters. The number of nitrogens with zero attached hydrogens (tertiary/aromatic N) is 1. The molecule has 124 valence electrons. The van der Waals surface area contributed by atoms with Crippen molar-refractivity contribution in [3.63, 3.8) is 0 Å². The summed E-state index contributed by atoms with van der Waals surface area (Å²) in [5.74, 6) is 0. The van der Waals surface area contributed by atoms with E-state index < -0.39 is 10.0 Å². The first-order valence-electron chi connectivity index (χ1n) is 7.87. The molecule has 0 spiro atoms. The number of aromatic nitrogens is 1. The van der Waals surface area contributed by atoms with Crippen LogP contribution in [-0.2, 0) is 16.4 Å². The van der Waals surface area contributed by atoms with Gasteiger partial charge in [-0.05, 0) is 49.1 Å². The van der Waals surface area contributed by atoms with Crippen molar-refractivity contribution in [3.05, 3.63) is 71.4 Å². The first-order valence-corrected chi connectivity index (χ1v) is 9.35. The Morgan fingerprint density at radius 3 is 2.62 bits per heavy atom. The number of fused-ring (bicyclic) bond motifs is 1. The Morgan fingerprint density at radius 1 is 1.04 bits per heavy atom. The number of benzene rings is 2. The fourth-order valence-electron chi connectivity index (χ4n) is 2.75. The van der Waals surface area contributed by atoms with E-state index in [-0.39, 0.29) is 4.90 Å². The molecule has 1 aromatic heterocycles. The van der Waals surface area contributed by atoms with Gasteiger partial charge in [-0.2, -0.15) is 0 Å². The highest BCUT2D eigenvalue weighted by molar-refractivity contribution is 7.89. The Balaban J connectivity index is 1.82. The summed E-state index contributed by atoms with van der Waals surface area (Å²) in [6.45, 7) is 4.32. The molecule has 3 aromatic rings. The molecule has 5 heteroatoms. The van der Waals surface area contributed by atoms with Gasteiger partial charge in [0.25, 0.3) is 0 Å². The van der Waals surface area contributed by atoms with Gasteiger partial charge in [0.05, 0.1) is 5.52 Å². The molecule has 0 bridgehead atoms. The third-order valence-electron chi connectivity index (χ3n) is 4.05. The van der Waals surface area contributed by atoms with Crippen molar-refractivity contribution in [2.75, 3.05) is 6.54 Å². The fraction of sp³-hybridized carbons (Fsp3) is 0.211.